The lowest BCUT2D eigenvalue weighted by atomic mass is 9.83. The summed E-state index contributed by atoms with van der Waals surface area (Å²) in [5.41, 5.74) is 0. The summed E-state index contributed by atoms with van der Waals surface area (Å²) in [6.07, 6.45) is -13.3. The van der Waals surface area contributed by atoms with E-state index in [1.807, 2.05) is 0 Å². The van der Waals surface area contributed by atoms with Gasteiger partial charge in [-0.15, -0.1) is 0 Å². The molecule has 2 aliphatic heterocycles. The predicted molar refractivity (Wildman–Crippen MR) is 119 cm³/mol. The van der Waals surface area contributed by atoms with Gasteiger partial charge in [-0.05, 0) is 0 Å². The van der Waals surface area contributed by atoms with Gasteiger partial charge in [0.25, 0.3) is 11.6 Å². The van der Waals surface area contributed by atoms with Crippen molar-refractivity contribution in [2.75, 3.05) is 27.4 Å². The molecule has 2 rings (SSSR count). The third-order valence-electron chi connectivity index (χ3n) is 7.28. The normalized spacial score (nSPS) is 39.9. The number of methoxy groups -OCH3 is 2. The zero-order valence-corrected chi connectivity index (χ0v) is 21.0. The van der Waals surface area contributed by atoms with Crippen LogP contribution < -0.4 is 0 Å². The zero-order chi connectivity index (χ0) is 28.3. The highest BCUT2D eigenvalue weighted by molar-refractivity contribution is 5.76. The molecule has 216 valence electrons. The van der Waals surface area contributed by atoms with E-state index in [0.29, 0.717) is 0 Å². The van der Waals surface area contributed by atoms with Gasteiger partial charge in [-0.2, -0.15) is 0 Å². The number of aliphatic hydroxyl groups is 6. The average Bonchev–Trinajstić information content (AvgIpc) is 2.86. The van der Waals surface area contributed by atoms with Gasteiger partial charge in [-0.1, -0.05) is 13.8 Å². The fourth-order valence-corrected chi connectivity index (χ4v) is 4.70. The van der Waals surface area contributed by atoms with Crippen LogP contribution in [0.2, 0.25) is 0 Å². The van der Waals surface area contributed by atoms with Crippen LogP contribution in [0.1, 0.15) is 26.7 Å². The Morgan fingerprint density at radius 3 is 1.62 bits per heavy atom. The van der Waals surface area contributed by atoms with Gasteiger partial charge in [0.15, 0.2) is 0 Å². The molecule has 12 atom stereocenters. The van der Waals surface area contributed by atoms with E-state index >= 15 is 0 Å². The summed E-state index contributed by atoms with van der Waals surface area (Å²) in [7, 11) is 2.23. The minimum absolute atomic E-state index is 0.467. The molecule has 37 heavy (non-hydrogen) atoms. The highest BCUT2D eigenvalue weighted by atomic mass is 16.7. The third-order valence-corrected chi connectivity index (χ3v) is 7.28. The number of aliphatic carboxylic acids is 2. The second kappa shape index (κ2) is 12.6. The number of carboxylic acid groups (broad SMARTS) is 2. The van der Waals surface area contributed by atoms with Gasteiger partial charge >= 0.3 is 11.9 Å². The summed E-state index contributed by atoms with van der Waals surface area (Å²) in [5, 5.41) is 81.8. The van der Waals surface area contributed by atoms with Crippen LogP contribution in [0.5, 0.6) is 0 Å². The smallest absolute Gasteiger partial charge is 0.364 e. The van der Waals surface area contributed by atoms with Crippen LogP contribution >= 0.6 is 0 Å². The Balaban J connectivity index is 2.39. The largest absolute Gasteiger partial charge is 0.477 e. The minimum atomic E-state index is -2.69. The molecule has 0 amide bonds. The molecule has 0 aromatic heterocycles. The van der Waals surface area contributed by atoms with Gasteiger partial charge in [-0.3, -0.25) is 0 Å². The van der Waals surface area contributed by atoms with Crippen LogP contribution in [0.4, 0.5) is 0 Å². The highest BCUT2D eigenvalue weighted by Gasteiger charge is 2.58. The molecule has 0 aliphatic carbocycles. The number of carbonyl (C=O) groups is 2. The lowest BCUT2D eigenvalue weighted by molar-refractivity contribution is -0.350. The first-order valence-electron chi connectivity index (χ1n) is 11.8. The number of hydrogen-bond acceptors (Lipinski definition) is 13. The molecule has 15 nitrogen and oxygen atoms in total. The summed E-state index contributed by atoms with van der Waals surface area (Å²) in [4.78, 5) is 24.2. The molecule has 0 aromatic carbocycles. The van der Waals surface area contributed by atoms with Crippen molar-refractivity contribution in [2.24, 2.45) is 11.8 Å². The van der Waals surface area contributed by atoms with E-state index in [9.17, 15) is 50.4 Å². The predicted octanol–water partition coefficient (Wildman–Crippen LogP) is -3.13. The van der Waals surface area contributed by atoms with E-state index in [0.717, 1.165) is 7.11 Å². The Morgan fingerprint density at radius 1 is 0.838 bits per heavy atom. The maximum absolute atomic E-state index is 12.4. The standard InChI is InChI=1S/C22H38O15/c1-9-11(25)5-21(34-4,19(29)30)36-18(9)16(28)14(8-24)35-22(20(31)32)6-12(26)10(2)17(37-22)15(27)13(7-23)33-3/h9-18,23-28H,5-8H2,1-4H3,(H,29,30)(H,31,32)/t9-,10-,11-,12-,13-,14-,15-,16-,17?,18?,21-,22-/m1/s1. The molecule has 2 fully saturated rings. The van der Waals surface area contributed by atoms with Crippen LogP contribution in [0.15, 0.2) is 0 Å². The molecule has 0 saturated carbocycles. The summed E-state index contributed by atoms with van der Waals surface area (Å²) < 4.78 is 26.6. The van der Waals surface area contributed by atoms with Crippen molar-refractivity contribution in [1.82, 2.24) is 0 Å². The van der Waals surface area contributed by atoms with Gasteiger partial charge in [-0.25, -0.2) is 9.59 Å². The first-order chi connectivity index (χ1) is 17.2. The van der Waals surface area contributed by atoms with Crippen molar-refractivity contribution in [3.63, 3.8) is 0 Å². The maximum Gasteiger partial charge on any atom is 0.364 e. The minimum Gasteiger partial charge on any atom is -0.477 e. The summed E-state index contributed by atoms with van der Waals surface area (Å²) in [5.74, 6) is -10.1. The highest BCUT2D eigenvalue weighted by Crippen LogP contribution is 2.40. The Labute approximate surface area is 213 Å². The first kappa shape index (κ1) is 31.7. The van der Waals surface area contributed by atoms with Crippen LogP contribution in [0.25, 0.3) is 0 Å². The van der Waals surface area contributed by atoms with Gasteiger partial charge < -0.3 is 64.5 Å². The number of carboxylic acids is 2. The van der Waals surface area contributed by atoms with E-state index in [1.54, 1.807) is 0 Å². The van der Waals surface area contributed by atoms with Crippen LogP contribution in [0.3, 0.4) is 0 Å². The monoisotopic (exact) mass is 542 g/mol. The molecule has 2 unspecified atom stereocenters. The fourth-order valence-electron chi connectivity index (χ4n) is 4.70. The molecule has 0 spiro atoms. The molecule has 0 radical (unpaired) electrons. The van der Waals surface area contributed by atoms with E-state index in [2.05, 4.69) is 0 Å². The number of ether oxygens (including phenoxy) is 5. The van der Waals surface area contributed by atoms with E-state index in [4.69, 9.17) is 23.7 Å². The molecule has 2 aliphatic rings. The lowest BCUT2D eigenvalue weighted by Crippen LogP contribution is -2.65. The molecule has 2 heterocycles. The second-order valence-electron chi connectivity index (χ2n) is 9.52. The number of hydrogen-bond donors (Lipinski definition) is 8. The number of aliphatic hydroxyl groups excluding tert-OH is 6. The van der Waals surface area contributed by atoms with Crippen molar-refractivity contribution in [1.29, 1.82) is 0 Å². The Bertz CT molecular complexity index is 777. The summed E-state index contributed by atoms with van der Waals surface area (Å²) in [6.45, 7) is 1.26. The molecule has 8 N–H and O–H groups in total. The third kappa shape index (κ3) is 6.23. The van der Waals surface area contributed by atoms with E-state index < -0.39 is 110 Å². The maximum atomic E-state index is 12.4. The Kier molecular flexibility index (Phi) is 10.8. The topological polar surface area (TPSA) is 242 Å². The van der Waals surface area contributed by atoms with E-state index in [-0.39, 0.29) is 0 Å². The Morgan fingerprint density at radius 2 is 1.24 bits per heavy atom. The van der Waals surface area contributed by atoms with Gasteiger partial charge in [0, 0.05) is 38.9 Å². The van der Waals surface area contributed by atoms with Crippen molar-refractivity contribution < 1.29 is 74.1 Å². The van der Waals surface area contributed by atoms with Crippen LogP contribution in [-0.4, -0.2) is 141 Å². The molecule has 15 heteroatoms. The molecular weight excluding hydrogens is 504 g/mol. The average molecular weight is 543 g/mol. The van der Waals surface area contributed by atoms with Crippen molar-refractivity contribution >= 4 is 11.9 Å². The Hall–Kier alpha value is -1.50. The van der Waals surface area contributed by atoms with Crippen LogP contribution in [0, 0.1) is 11.8 Å². The molecule has 0 aromatic rings. The van der Waals surface area contributed by atoms with Crippen molar-refractivity contribution in [2.45, 2.75) is 87.1 Å². The quantitative estimate of drug-likeness (QED) is 0.122. The van der Waals surface area contributed by atoms with Gasteiger partial charge in [0.2, 0.25) is 0 Å². The van der Waals surface area contributed by atoms with Gasteiger partial charge in [0.05, 0.1) is 37.6 Å². The summed E-state index contributed by atoms with van der Waals surface area (Å²) >= 11 is 0. The van der Waals surface area contributed by atoms with Crippen molar-refractivity contribution in [3.05, 3.63) is 0 Å². The van der Waals surface area contributed by atoms with E-state index in [1.165, 1.54) is 21.0 Å². The zero-order valence-electron chi connectivity index (χ0n) is 21.0. The fraction of sp³-hybridized carbons (Fsp3) is 0.909. The SMILES string of the molecule is CO[C@H](CO)[C@@H](O)C1O[C@@](O[C@H](CO)[C@@H](O)C2O[C@@](OC)(C(=O)O)C[C@@H](O)[C@H]2C)(C(=O)O)C[C@@H](O)[C@H]1C. The second-order valence-corrected chi connectivity index (χ2v) is 9.52. The first-order valence-corrected chi connectivity index (χ1v) is 11.8. The van der Waals surface area contributed by atoms with Gasteiger partial charge in [0.1, 0.15) is 24.4 Å². The molecular formula is C22H38O15. The van der Waals surface area contributed by atoms with Crippen LogP contribution in [-0.2, 0) is 33.3 Å². The van der Waals surface area contributed by atoms with Crippen molar-refractivity contribution in [3.8, 4) is 0 Å². The summed E-state index contributed by atoms with van der Waals surface area (Å²) in [6, 6.07) is 0. The molecule has 0 bridgehead atoms. The number of rotatable bonds is 12. The molecule has 2 saturated heterocycles. The lowest BCUT2D eigenvalue weighted by Gasteiger charge is -2.48.